The minimum absolute atomic E-state index is 0.111. The van der Waals surface area contributed by atoms with Crippen LogP contribution in [-0.2, 0) is 11.3 Å². The largest absolute Gasteiger partial charge is 0.351 e. The molecule has 0 aromatic heterocycles. The molecule has 0 aliphatic heterocycles. The summed E-state index contributed by atoms with van der Waals surface area (Å²) in [7, 11) is 0. The Morgan fingerprint density at radius 2 is 1.75 bits per heavy atom. The fourth-order valence-electron chi connectivity index (χ4n) is 1.14. The van der Waals surface area contributed by atoms with Crippen molar-refractivity contribution in [3.8, 4) is 0 Å². The van der Waals surface area contributed by atoms with Gasteiger partial charge in [-0.15, -0.1) is 0 Å². The summed E-state index contributed by atoms with van der Waals surface area (Å²) >= 11 is 0. The second-order valence-electron chi connectivity index (χ2n) is 4.63. The summed E-state index contributed by atoms with van der Waals surface area (Å²) in [6.07, 6.45) is 0. The summed E-state index contributed by atoms with van der Waals surface area (Å²) < 4.78 is 26.4. The van der Waals surface area contributed by atoms with Crippen LogP contribution in [0.25, 0.3) is 0 Å². The van der Waals surface area contributed by atoms with Gasteiger partial charge in [0.2, 0.25) is 5.91 Å². The Kier molecular flexibility index (Phi) is 3.62. The predicted octanol–water partition coefficient (Wildman–Crippen LogP) is 2.63. The maximum Gasteiger partial charge on any atom is 0.225 e. The average Bonchev–Trinajstić information content (AvgIpc) is 2.15. The van der Waals surface area contributed by atoms with E-state index in [1.165, 1.54) is 18.2 Å². The van der Waals surface area contributed by atoms with Gasteiger partial charge in [0.1, 0.15) is 11.6 Å². The van der Waals surface area contributed by atoms with E-state index in [0.29, 0.717) is 0 Å². The zero-order valence-corrected chi connectivity index (χ0v) is 9.60. The third kappa shape index (κ3) is 3.02. The van der Waals surface area contributed by atoms with Crippen molar-refractivity contribution in [2.24, 2.45) is 5.41 Å². The Labute approximate surface area is 93.7 Å². The molecule has 0 spiro atoms. The van der Waals surface area contributed by atoms with Gasteiger partial charge >= 0.3 is 0 Å². The van der Waals surface area contributed by atoms with Crippen molar-refractivity contribution in [3.63, 3.8) is 0 Å². The van der Waals surface area contributed by atoms with Gasteiger partial charge in [0.25, 0.3) is 0 Å². The number of carbonyl (C=O) groups is 1. The zero-order valence-electron chi connectivity index (χ0n) is 9.60. The summed E-state index contributed by atoms with van der Waals surface area (Å²) in [6.45, 7) is 5.08. The van der Waals surface area contributed by atoms with Gasteiger partial charge < -0.3 is 5.32 Å². The highest BCUT2D eigenvalue weighted by atomic mass is 19.1. The van der Waals surface area contributed by atoms with Crippen molar-refractivity contribution in [2.75, 3.05) is 0 Å². The number of benzene rings is 1. The molecule has 1 aromatic rings. The molecule has 1 aromatic carbocycles. The van der Waals surface area contributed by atoms with Crippen molar-refractivity contribution in [2.45, 2.75) is 27.3 Å². The summed E-state index contributed by atoms with van der Waals surface area (Å²) in [4.78, 5) is 11.5. The number of hydrogen-bond acceptors (Lipinski definition) is 1. The molecule has 0 unspecified atom stereocenters. The molecule has 0 fully saturated rings. The molecule has 1 amide bonds. The lowest BCUT2D eigenvalue weighted by Gasteiger charge is -2.17. The normalized spacial score (nSPS) is 11.3. The van der Waals surface area contributed by atoms with Gasteiger partial charge in [-0.05, 0) is 12.1 Å². The van der Waals surface area contributed by atoms with Crippen LogP contribution in [0.1, 0.15) is 26.3 Å². The Balaban J connectivity index is 2.73. The van der Waals surface area contributed by atoms with Crippen molar-refractivity contribution in [1.29, 1.82) is 0 Å². The van der Waals surface area contributed by atoms with Gasteiger partial charge in [0.15, 0.2) is 0 Å². The van der Waals surface area contributed by atoms with Crippen LogP contribution in [0, 0.1) is 17.0 Å². The van der Waals surface area contributed by atoms with E-state index in [2.05, 4.69) is 5.32 Å². The summed E-state index contributed by atoms with van der Waals surface area (Å²) in [5.74, 6) is -1.53. The molecule has 2 nitrogen and oxygen atoms in total. The molecule has 0 heterocycles. The third-order valence-corrected chi connectivity index (χ3v) is 2.17. The molecular formula is C12H15F2NO. The Morgan fingerprint density at radius 3 is 2.19 bits per heavy atom. The Morgan fingerprint density at radius 1 is 1.25 bits per heavy atom. The van der Waals surface area contributed by atoms with E-state index in [1.54, 1.807) is 20.8 Å². The number of hydrogen-bond donors (Lipinski definition) is 1. The van der Waals surface area contributed by atoms with E-state index in [-0.39, 0.29) is 18.0 Å². The summed E-state index contributed by atoms with van der Waals surface area (Å²) in [6, 6.07) is 3.63. The fraction of sp³-hybridized carbons (Fsp3) is 0.417. The first-order valence-electron chi connectivity index (χ1n) is 5.03. The number of amides is 1. The minimum atomic E-state index is -0.644. The molecule has 1 rings (SSSR count). The summed E-state index contributed by atoms with van der Waals surface area (Å²) in [5.41, 5.74) is -0.679. The van der Waals surface area contributed by atoms with Crippen LogP contribution in [0.5, 0.6) is 0 Å². The van der Waals surface area contributed by atoms with Crippen LogP contribution < -0.4 is 5.32 Å². The van der Waals surface area contributed by atoms with E-state index in [1.807, 2.05) is 0 Å². The lowest BCUT2D eigenvalue weighted by Crippen LogP contribution is -2.34. The Bertz CT molecular complexity index is 376. The molecule has 0 aliphatic rings. The van der Waals surface area contributed by atoms with E-state index in [4.69, 9.17) is 0 Å². The monoisotopic (exact) mass is 227 g/mol. The molecule has 88 valence electrons. The van der Waals surface area contributed by atoms with Gasteiger partial charge in [-0.3, -0.25) is 4.79 Å². The molecule has 16 heavy (non-hydrogen) atoms. The molecule has 0 saturated carbocycles. The maximum absolute atomic E-state index is 13.2. The maximum atomic E-state index is 13.2. The van der Waals surface area contributed by atoms with Gasteiger partial charge in [-0.2, -0.15) is 0 Å². The highest BCUT2D eigenvalue weighted by Gasteiger charge is 2.21. The highest BCUT2D eigenvalue weighted by molar-refractivity contribution is 5.81. The molecule has 0 radical (unpaired) electrons. The first-order valence-corrected chi connectivity index (χ1v) is 5.03. The molecule has 0 aliphatic carbocycles. The average molecular weight is 227 g/mol. The lowest BCUT2D eigenvalue weighted by atomic mass is 9.95. The lowest BCUT2D eigenvalue weighted by molar-refractivity contribution is -0.128. The fourth-order valence-corrected chi connectivity index (χ4v) is 1.14. The first kappa shape index (κ1) is 12.6. The number of rotatable bonds is 2. The van der Waals surface area contributed by atoms with E-state index in [9.17, 15) is 13.6 Å². The van der Waals surface area contributed by atoms with Gasteiger partial charge in [0.05, 0.1) is 0 Å². The van der Waals surface area contributed by atoms with E-state index < -0.39 is 17.0 Å². The Hall–Kier alpha value is -1.45. The SMILES string of the molecule is CC(C)(C)C(=O)NCc1c(F)cccc1F. The number of halogens is 2. The highest BCUT2D eigenvalue weighted by Crippen LogP contribution is 2.15. The molecule has 0 bridgehead atoms. The van der Waals surface area contributed by atoms with Crippen molar-refractivity contribution >= 4 is 5.91 Å². The van der Waals surface area contributed by atoms with Crippen LogP contribution in [0.4, 0.5) is 8.78 Å². The molecule has 1 N–H and O–H groups in total. The van der Waals surface area contributed by atoms with Crippen molar-refractivity contribution in [3.05, 3.63) is 35.4 Å². The summed E-state index contributed by atoms with van der Waals surface area (Å²) in [5, 5.41) is 2.50. The molecule has 0 atom stereocenters. The van der Waals surface area contributed by atoms with Crippen LogP contribution in [0.15, 0.2) is 18.2 Å². The first-order chi connectivity index (χ1) is 7.32. The van der Waals surface area contributed by atoms with Gasteiger partial charge in [-0.1, -0.05) is 26.8 Å². The van der Waals surface area contributed by atoms with Crippen LogP contribution in [0.2, 0.25) is 0 Å². The van der Waals surface area contributed by atoms with Crippen molar-refractivity contribution in [1.82, 2.24) is 5.32 Å². The topological polar surface area (TPSA) is 29.1 Å². The minimum Gasteiger partial charge on any atom is -0.351 e. The molecule has 4 heteroatoms. The van der Waals surface area contributed by atoms with Crippen LogP contribution in [-0.4, -0.2) is 5.91 Å². The molecular weight excluding hydrogens is 212 g/mol. The quantitative estimate of drug-likeness (QED) is 0.826. The standard InChI is InChI=1S/C12H15F2NO/c1-12(2,3)11(16)15-7-8-9(13)5-4-6-10(8)14/h4-6H,7H2,1-3H3,(H,15,16). The van der Waals surface area contributed by atoms with Crippen LogP contribution >= 0.6 is 0 Å². The zero-order chi connectivity index (χ0) is 12.3. The van der Waals surface area contributed by atoms with Crippen LogP contribution in [0.3, 0.4) is 0 Å². The van der Waals surface area contributed by atoms with Gasteiger partial charge in [-0.25, -0.2) is 8.78 Å². The third-order valence-electron chi connectivity index (χ3n) is 2.17. The van der Waals surface area contributed by atoms with Gasteiger partial charge in [0, 0.05) is 17.5 Å². The van der Waals surface area contributed by atoms with Crippen molar-refractivity contribution < 1.29 is 13.6 Å². The number of nitrogens with one attached hydrogen (secondary N) is 1. The predicted molar refractivity (Wildman–Crippen MR) is 57.7 cm³/mol. The second kappa shape index (κ2) is 4.60. The molecule has 0 saturated heterocycles. The van der Waals surface area contributed by atoms with E-state index in [0.717, 1.165) is 0 Å². The van der Waals surface area contributed by atoms with E-state index >= 15 is 0 Å². The second-order valence-corrected chi connectivity index (χ2v) is 4.63. The number of carbonyl (C=O) groups excluding carboxylic acids is 1. The smallest absolute Gasteiger partial charge is 0.225 e.